The number of carbonyl (C=O) groups excluding carboxylic acids is 1. The van der Waals surface area contributed by atoms with Gasteiger partial charge in [-0.3, -0.25) is 4.89 Å². The fourth-order valence-electron chi connectivity index (χ4n) is 5.49. The van der Waals surface area contributed by atoms with Gasteiger partial charge in [0.15, 0.2) is 11.5 Å². The number of aryl methyl sites for hydroxylation is 3. The van der Waals surface area contributed by atoms with Gasteiger partial charge in [-0.2, -0.15) is 0 Å². The molecule has 0 amide bonds. The van der Waals surface area contributed by atoms with Crippen molar-refractivity contribution in [2.45, 2.75) is 111 Å². The highest BCUT2D eigenvalue weighted by molar-refractivity contribution is 5.87. The lowest BCUT2D eigenvalue weighted by atomic mass is 9.91. The number of aliphatic hydroxyl groups is 2. The van der Waals surface area contributed by atoms with Crippen LogP contribution in [0.1, 0.15) is 109 Å². The molecule has 3 aromatic rings. The van der Waals surface area contributed by atoms with Crippen molar-refractivity contribution in [1.82, 2.24) is 0 Å². The minimum atomic E-state index is -0.789. The molecule has 0 saturated carbocycles. The fraction of sp³-hybridized carbons (Fsp3) is 0.452. The molecule has 3 rings (SSSR count). The Morgan fingerprint density at radius 1 is 0.640 bits per heavy atom. The van der Waals surface area contributed by atoms with E-state index in [1.807, 2.05) is 24.3 Å². The van der Waals surface area contributed by atoms with E-state index in [-0.39, 0.29) is 12.2 Å². The van der Waals surface area contributed by atoms with Crippen molar-refractivity contribution in [3.05, 3.63) is 95.6 Å². The maximum atomic E-state index is 12.0. The van der Waals surface area contributed by atoms with Gasteiger partial charge in [-0.15, -0.1) is 0 Å². The summed E-state index contributed by atoms with van der Waals surface area (Å²) >= 11 is 0. The largest absolute Gasteiger partial charge is 0.392 e. The third-order valence-corrected chi connectivity index (χ3v) is 8.43. The second kappa shape index (κ2) is 24.2. The SMILES string of the molecule is C=C(C)CO.C=C(CO)C(=O)OOc1ccc(-c2ccc(-c3ccc(OOO)c(CCCCCCC)c3)cc2CC)cc1CCCCCCC. The number of benzene rings is 3. The Labute approximate surface area is 299 Å². The summed E-state index contributed by atoms with van der Waals surface area (Å²) in [6.45, 7) is 14.9. The zero-order chi connectivity index (χ0) is 36.7. The van der Waals surface area contributed by atoms with Gasteiger partial charge in [0.1, 0.15) is 0 Å². The van der Waals surface area contributed by atoms with Crippen molar-refractivity contribution in [2.24, 2.45) is 0 Å². The van der Waals surface area contributed by atoms with Crippen LogP contribution in [-0.4, -0.2) is 34.7 Å². The number of carbonyl (C=O) groups is 1. The van der Waals surface area contributed by atoms with Gasteiger partial charge < -0.3 is 15.1 Å². The van der Waals surface area contributed by atoms with Crippen LogP contribution in [0, 0.1) is 0 Å². The lowest BCUT2D eigenvalue weighted by molar-refractivity contribution is -0.439. The fourth-order valence-corrected chi connectivity index (χ4v) is 5.49. The first-order valence-electron chi connectivity index (χ1n) is 18.0. The predicted octanol–water partition coefficient (Wildman–Crippen LogP) is 10.3. The second-order valence-corrected chi connectivity index (χ2v) is 12.7. The van der Waals surface area contributed by atoms with E-state index >= 15 is 0 Å². The molecule has 0 unspecified atom stereocenters. The van der Waals surface area contributed by atoms with Crippen molar-refractivity contribution < 1.29 is 40.0 Å². The van der Waals surface area contributed by atoms with Gasteiger partial charge in [0.2, 0.25) is 0 Å². The quantitative estimate of drug-likeness (QED) is 0.0314. The van der Waals surface area contributed by atoms with Crippen LogP contribution in [-0.2, 0) is 34.0 Å². The first kappa shape index (κ1) is 42.2. The predicted molar refractivity (Wildman–Crippen MR) is 201 cm³/mol. The van der Waals surface area contributed by atoms with E-state index in [1.165, 1.54) is 44.1 Å². The van der Waals surface area contributed by atoms with Gasteiger partial charge in [0.05, 0.1) is 18.8 Å². The maximum absolute atomic E-state index is 12.0. The summed E-state index contributed by atoms with van der Waals surface area (Å²) in [6, 6.07) is 18.4. The van der Waals surface area contributed by atoms with Crippen LogP contribution in [0.2, 0.25) is 0 Å². The van der Waals surface area contributed by atoms with Crippen LogP contribution in [0.4, 0.5) is 0 Å². The van der Waals surface area contributed by atoms with Crippen molar-refractivity contribution >= 4 is 5.97 Å². The molecular formula is C42H58O8. The highest BCUT2D eigenvalue weighted by atomic mass is 17.5. The van der Waals surface area contributed by atoms with E-state index in [9.17, 15) is 9.90 Å². The molecule has 0 aliphatic heterocycles. The molecule has 3 N–H and O–H groups in total. The van der Waals surface area contributed by atoms with E-state index in [4.69, 9.17) is 25.0 Å². The topological polar surface area (TPSA) is 115 Å². The monoisotopic (exact) mass is 690 g/mol. The minimum absolute atomic E-state index is 0.0663. The molecule has 0 atom stereocenters. The molecule has 0 bridgehead atoms. The first-order chi connectivity index (χ1) is 24.2. The number of rotatable bonds is 22. The normalized spacial score (nSPS) is 10.6. The Morgan fingerprint density at radius 3 is 1.62 bits per heavy atom. The highest BCUT2D eigenvalue weighted by Gasteiger charge is 2.15. The van der Waals surface area contributed by atoms with Crippen molar-refractivity contribution in [3.63, 3.8) is 0 Å². The molecule has 0 heterocycles. The minimum Gasteiger partial charge on any atom is -0.392 e. The molecule has 0 aliphatic rings. The number of unbranched alkanes of at least 4 members (excludes halogenated alkanes) is 8. The van der Waals surface area contributed by atoms with Gasteiger partial charge in [0.25, 0.3) is 0 Å². The zero-order valence-corrected chi connectivity index (χ0v) is 30.6. The van der Waals surface area contributed by atoms with E-state index in [1.54, 1.807) is 6.92 Å². The summed E-state index contributed by atoms with van der Waals surface area (Å²) in [5.74, 6) is 0.224. The smallest absolute Gasteiger partial charge is 0.383 e. The molecule has 274 valence electrons. The Bertz CT molecular complexity index is 1480. The van der Waals surface area contributed by atoms with Gasteiger partial charge >= 0.3 is 5.97 Å². The molecule has 0 aliphatic carbocycles. The molecule has 0 aromatic heterocycles. The molecule has 0 spiro atoms. The molecule has 50 heavy (non-hydrogen) atoms. The summed E-state index contributed by atoms with van der Waals surface area (Å²) in [7, 11) is 0. The lowest BCUT2D eigenvalue weighted by Gasteiger charge is -2.16. The van der Waals surface area contributed by atoms with E-state index in [0.29, 0.717) is 11.5 Å². The Morgan fingerprint density at radius 2 is 1.12 bits per heavy atom. The molecule has 8 heteroatoms. The van der Waals surface area contributed by atoms with Crippen LogP contribution in [0.3, 0.4) is 0 Å². The average Bonchev–Trinajstić information content (AvgIpc) is 3.14. The van der Waals surface area contributed by atoms with Gasteiger partial charge in [0, 0.05) is 5.56 Å². The third kappa shape index (κ3) is 14.5. The summed E-state index contributed by atoms with van der Waals surface area (Å²) in [5.41, 5.74) is 8.30. The van der Waals surface area contributed by atoms with Crippen molar-refractivity contribution in [3.8, 4) is 33.8 Å². The Balaban J connectivity index is 0.00000161. The van der Waals surface area contributed by atoms with Crippen LogP contribution in [0.5, 0.6) is 11.5 Å². The molecule has 0 radical (unpaired) electrons. The van der Waals surface area contributed by atoms with Crippen LogP contribution in [0.25, 0.3) is 22.3 Å². The summed E-state index contributed by atoms with van der Waals surface area (Å²) in [4.78, 5) is 27.5. The van der Waals surface area contributed by atoms with Crippen LogP contribution < -0.4 is 9.78 Å². The van der Waals surface area contributed by atoms with Crippen LogP contribution >= 0.6 is 0 Å². The lowest BCUT2D eigenvalue weighted by Crippen LogP contribution is -2.13. The highest BCUT2D eigenvalue weighted by Crippen LogP contribution is 2.35. The van der Waals surface area contributed by atoms with Crippen molar-refractivity contribution in [2.75, 3.05) is 13.2 Å². The maximum Gasteiger partial charge on any atom is 0.383 e. The van der Waals surface area contributed by atoms with Gasteiger partial charge in [-0.05, 0) is 102 Å². The summed E-state index contributed by atoms with van der Waals surface area (Å²) < 4.78 is 0. The Hall–Kier alpha value is -3.95. The number of hydrogen-bond donors (Lipinski definition) is 3. The molecule has 0 fully saturated rings. The molecule has 3 aromatic carbocycles. The summed E-state index contributed by atoms with van der Waals surface area (Å²) in [5, 5.41) is 30.2. The van der Waals surface area contributed by atoms with Gasteiger partial charge in [-0.1, -0.05) is 121 Å². The zero-order valence-electron chi connectivity index (χ0n) is 30.6. The van der Waals surface area contributed by atoms with Crippen molar-refractivity contribution in [1.29, 1.82) is 0 Å². The molecular weight excluding hydrogens is 632 g/mol. The summed E-state index contributed by atoms with van der Waals surface area (Å²) in [6.07, 6.45) is 14.0. The second-order valence-electron chi connectivity index (χ2n) is 12.7. The van der Waals surface area contributed by atoms with Crippen LogP contribution in [0.15, 0.2) is 78.9 Å². The molecule has 0 saturated heterocycles. The van der Waals surface area contributed by atoms with E-state index in [0.717, 1.165) is 83.9 Å². The molecule has 8 nitrogen and oxygen atoms in total. The van der Waals surface area contributed by atoms with Gasteiger partial charge in [-0.25, -0.2) is 14.9 Å². The first-order valence-corrected chi connectivity index (χ1v) is 18.0. The Kier molecular flexibility index (Phi) is 20.5. The number of hydrogen-bond acceptors (Lipinski definition) is 8. The standard InChI is InChI=1S/C38H50O7.C4H8O/c1-5-8-10-12-14-16-33-25-31(19-22-37(33)43-45-41)30-18-21-35(29(7-3)24-30)32-20-23-36(42-44-38(40)28(4)27-39)34(26-32)17-15-13-11-9-6-2;1-4(2)3-5/h18-26,39,41H,4-17,27H2,1-3H3;5H,1,3H2,2H3. The number of aliphatic hydroxyl groups excluding tert-OH is 2. The van der Waals surface area contributed by atoms with E-state index < -0.39 is 12.6 Å². The third-order valence-electron chi connectivity index (χ3n) is 8.43. The van der Waals surface area contributed by atoms with E-state index in [2.05, 4.69) is 69.3 Å². The average molecular weight is 691 g/mol.